The van der Waals surface area contributed by atoms with Crippen LogP contribution < -0.4 is 15.0 Å². The fraction of sp³-hybridized carbons (Fsp3) is 0.409. The summed E-state index contributed by atoms with van der Waals surface area (Å²) >= 11 is 0. The van der Waals surface area contributed by atoms with Crippen molar-refractivity contribution in [3.05, 3.63) is 53.6 Å². The number of hydrogen-bond acceptors (Lipinski definition) is 4. The van der Waals surface area contributed by atoms with E-state index in [4.69, 9.17) is 4.74 Å². The molecule has 0 aliphatic carbocycles. The zero-order valence-corrected chi connectivity index (χ0v) is 16.4. The molecule has 148 valence electrons. The number of nitrogens with one attached hydrogen (secondary N) is 1. The van der Waals surface area contributed by atoms with E-state index in [2.05, 4.69) is 38.3 Å². The van der Waals surface area contributed by atoms with Gasteiger partial charge in [0.1, 0.15) is 11.5 Å². The topological polar surface area (TPSA) is 60.3 Å². The molecule has 0 aromatic heterocycles. The number of piperazine rings is 1. The number of hydrogen-bond donors (Lipinski definition) is 2. The third-order valence-electron chi connectivity index (χ3n) is 5.46. The molecule has 2 aliphatic rings. The van der Waals surface area contributed by atoms with Crippen molar-refractivity contribution in [1.82, 2.24) is 10.2 Å². The van der Waals surface area contributed by atoms with Crippen LogP contribution in [0.4, 0.5) is 5.69 Å². The van der Waals surface area contributed by atoms with E-state index in [0.29, 0.717) is 5.75 Å². The predicted octanol–water partition coefficient (Wildman–Crippen LogP) is 2.27. The fourth-order valence-electron chi connectivity index (χ4n) is 3.94. The van der Waals surface area contributed by atoms with E-state index in [1.807, 2.05) is 25.2 Å². The van der Waals surface area contributed by atoms with Crippen LogP contribution in [0.15, 0.2) is 47.5 Å². The third kappa shape index (κ3) is 4.01. The summed E-state index contributed by atoms with van der Waals surface area (Å²) in [4.78, 5) is 8.97. The van der Waals surface area contributed by atoms with E-state index in [-0.39, 0.29) is 0 Å². The molecule has 0 spiro atoms. The Bertz CT molecular complexity index is 844. The Hall–Kier alpha value is -2.89. The minimum atomic E-state index is 0.346. The van der Waals surface area contributed by atoms with Crippen molar-refractivity contribution in [3.8, 4) is 11.5 Å². The summed E-state index contributed by atoms with van der Waals surface area (Å²) in [5.74, 6) is 2.33. The molecule has 0 radical (unpaired) electrons. The normalized spacial score (nSPS) is 16.7. The maximum absolute atomic E-state index is 10.1. The molecule has 2 aromatic rings. The van der Waals surface area contributed by atoms with Crippen LogP contribution in [0.2, 0.25) is 0 Å². The lowest BCUT2D eigenvalue weighted by atomic mass is 10.1. The highest BCUT2D eigenvalue weighted by molar-refractivity contribution is 5.80. The molecule has 0 amide bonds. The van der Waals surface area contributed by atoms with Crippen LogP contribution in [0.1, 0.15) is 11.1 Å². The summed E-state index contributed by atoms with van der Waals surface area (Å²) in [5, 5.41) is 13.6. The number of benzene rings is 2. The Kier molecular flexibility index (Phi) is 5.55. The van der Waals surface area contributed by atoms with E-state index in [1.165, 1.54) is 11.1 Å². The average Bonchev–Trinajstić information content (AvgIpc) is 3.20. The SMILES string of the molecule is CN=C(NCCc1ccc2c(c1)CCO2)N1CCN(c2ccccc2O)CC1. The smallest absolute Gasteiger partial charge is 0.193 e. The Balaban J connectivity index is 1.28. The van der Waals surface area contributed by atoms with Gasteiger partial charge in [-0.3, -0.25) is 4.99 Å². The molecule has 4 rings (SSSR count). The number of phenolic OH excluding ortho intramolecular Hbond substituents is 1. The van der Waals surface area contributed by atoms with Gasteiger partial charge in [-0.15, -0.1) is 0 Å². The van der Waals surface area contributed by atoms with Crippen molar-refractivity contribution in [2.45, 2.75) is 12.8 Å². The highest BCUT2D eigenvalue weighted by Gasteiger charge is 2.21. The van der Waals surface area contributed by atoms with Crippen LogP contribution in [0.5, 0.6) is 11.5 Å². The standard InChI is InChI=1S/C22H28N4O2/c1-23-22(24-10-8-17-6-7-21-18(16-17)9-15-28-21)26-13-11-25(12-14-26)19-4-2-3-5-20(19)27/h2-7,16,27H,8-15H2,1H3,(H,23,24). The number of anilines is 1. The molecule has 0 unspecified atom stereocenters. The lowest BCUT2D eigenvalue weighted by molar-refractivity contribution is 0.357. The van der Waals surface area contributed by atoms with Crippen molar-refractivity contribution in [3.63, 3.8) is 0 Å². The van der Waals surface area contributed by atoms with Crippen LogP contribution in [-0.4, -0.2) is 62.3 Å². The summed E-state index contributed by atoms with van der Waals surface area (Å²) in [6.45, 7) is 5.14. The second-order valence-corrected chi connectivity index (χ2v) is 7.23. The monoisotopic (exact) mass is 380 g/mol. The third-order valence-corrected chi connectivity index (χ3v) is 5.46. The Morgan fingerprint density at radius 1 is 1.14 bits per heavy atom. The average molecular weight is 380 g/mol. The minimum absolute atomic E-state index is 0.346. The molecule has 2 aliphatic heterocycles. The summed E-state index contributed by atoms with van der Waals surface area (Å²) in [6, 6.07) is 14.0. The first-order valence-electron chi connectivity index (χ1n) is 9.98. The Labute approximate surface area is 166 Å². The van der Waals surface area contributed by atoms with Crippen molar-refractivity contribution >= 4 is 11.6 Å². The van der Waals surface area contributed by atoms with E-state index in [1.54, 1.807) is 6.07 Å². The molecule has 1 saturated heterocycles. The number of para-hydroxylation sites is 2. The van der Waals surface area contributed by atoms with Crippen LogP contribution >= 0.6 is 0 Å². The molecular weight excluding hydrogens is 352 g/mol. The second-order valence-electron chi connectivity index (χ2n) is 7.23. The fourth-order valence-corrected chi connectivity index (χ4v) is 3.94. The molecule has 2 aromatic carbocycles. The number of nitrogens with zero attached hydrogens (tertiary/aromatic N) is 3. The lowest BCUT2D eigenvalue weighted by Crippen LogP contribution is -2.52. The van der Waals surface area contributed by atoms with Crippen LogP contribution in [0, 0.1) is 0 Å². The molecule has 0 bridgehead atoms. The molecule has 0 atom stereocenters. The van der Waals surface area contributed by atoms with Crippen LogP contribution in [0.25, 0.3) is 0 Å². The van der Waals surface area contributed by atoms with E-state index < -0.39 is 0 Å². The highest BCUT2D eigenvalue weighted by Crippen LogP contribution is 2.27. The van der Waals surface area contributed by atoms with E-state index >= 15 is 0 Å². The highest BCUT2D eigenvalue weighted by atomic mass is 16.5. The first-order valence-corrected chi connectivity index (χ1v) is 9.98. The molecule has 6 nitrogen and oxygen atoms in total. The largest absolute Gasteiger partial charge is 0.506 e. The zero-order chi connectivity index (χ0) is 19.3. The van der Waals surface area contributed by atoms with Gasteiger partial charge in [0.2, 0.25) is 0 Å². The Morgan fingerprint density at radius 2 is 1.96 bits per heavy atom. The lowest BCUT2D eigenvalue weighted by Gasteiger charge is -2.37. The quantitative estimate of drug-likeness (QED) is 0.629. The van der Waals surface area contributed by atoms with Gasteiger partial charge < -0.3 is 25.0 Å². The summed E-state index contributed by atoms with van der Waals surface area (Å²) in [5.41, 5.74) is 3.56. The van der Waals surface area contributed by atoms with Gasteiger partial charge in [0.05, 0.1) is 12.3 Å². The molecule has 0 saturated carbocycles. The summed E-state index contributed by atoms with van der Waals surface area (Å²) < 4.78 is 5.58. The first-order chi connectivity index (χ1) is 13.7. The summed E-state index contributed by atoms with van der Waals surface area (Å²) in [6.07, 6.45) is 1.98. The number of guanidine groups is 1. The van der Waals surface area contributed by atoms with Crippen molar-refractivity contribution < 1.29 is 9.84 Å². The van der Waals surface area contributed by atoms with Gasteiger partial charge in [0, 0.05) is 46.2 Å². The number of aliphatic imine (C=N–C) groups is 1. The van der Waals surface area contributed by atoms with Crippen LogP contribution in [-0.2, 0) is 12.8 Å². The van der Waals surface area contributed by atoms with Crippen LogP contribution in [0.3, 0.4) is 0 Å². The number of ether oxygens (including phenoxy) is 1. The van der Waals surface area contributed by atoms with Gasteiger partial charge >= 0.3 is 0 Å². The maximum atomic E-state index is 10.1. The Morgan fingerprint density at radius 3 is 2.75 bits per heavy atom. The minimum Gasteiger partial charge on any atom is -0.506 e. The molecule has 28 heavy (non-hydrogen) atoms. The van der Waals surface area contributed by atoms with E-state index in [0.717, 1.165) is 69.6 Å². The number of phenols is 1. The summed E-state index contributed by atoms with van der Waals surface area (Å²) in [7, 11) is 1.84. The van der Waals surface area contributed by atoms with Crippen molar-refractivity contribution in [1.29, 1.82) is 0 Å². The van der Waals surface area contributed by atoms with Gasteiger partial charge in [0.25, 0.3) is 0 Å². The zero-order valence-electron chi connectivity index (χ0n) is 16.4. The molecule has 6 heteroatoms. The van der Waals surface area contributed by atoms with Gasteiger partial charge in [-0.25, -0.2) is 0 Å². The van der Waals surface area contributed by atoms with Gasteiger partial charge in [-0.1, -0.05) is 24.3 Å². The number of fused-ring (bicyclic) bond motifs is 1. The molecular formula is C22H28N4O2. The molecule has 2 N–H and O–H groups in total. The first kappa shape index (κ1) is 18.5. The number of aromatic hydroxyl groups is 1. The van der Waals surface area contributed by atoms with E-state index in [9.17, 15) is 5.11 Å². The number of rotatable bonds is 4. The molecule has 2 heterocycles. The van der Waals surface area contributed by atoms with Crippen molar-refractivity contribution in [2.75, 3.05) is 51.3 Å². The van der Waals surface area contributed by atoms with Gasteiger partial charge in [-0.05, 0) is 35.7 Å². The van der Waals surface area contributed by atoms with Crippen molar-refractivity contribution in [2.24, 2.45) is 4.99 Å². The van der Waals surface area contributed by atoms with Gasteiger partial charge in [-0.2, -0.15) is 0 Å². The van der Waals surface area contributed by atoms with Gasteiger partial charge in [0.15, 0.2) is 5.96 Å². The second kappa shape index (κ2) is 8.42. The maximum Gasteiger partial charge on any atom is 0.193 e. The predicted molar refractivity (Wildman–Crippen MR) is 113 cm³/mol. The molecule has 1 fully saturated rings.